The zero-order valence-electron chi connectivity index (χ0n) is 16.4. The van der Waals surface area contributed by atoms with Crippen LogP contribution in [0.15, 0.2) is 79.1 Å². The summed E-state index contributed by atoms with van der Waals surface area (Å²) in [5.74, 6) is 0. The lowest BCUT2D eigenvalue weighted by molar-refractivity contribution is 0.281. The van der Waals surface area contributed by atoms with E-state index in [1.807, 2.05) is 72.8 Å². The molecule has 0 fully saturated rings. The van der Waals surface area contributed by atoms with Gasteiger partial charge in [0.2, 0.25) is 0 Å². The van der Waals surface area contributed by atoms with Gasteiger partial charge in [-0.15, -0.1) is 0 Å². The summed E-state index contributed by atoms with van der Waals surface area (Å²) in [6.07, 6.45) is 1.55. The molecule has 0 amide bonds. The molecular weight excluding hydrogens is 376 g/mol. The molecule has 1 aromatic heterocycles. The van der Waals surface area contributed by atoms with E-state index < -0.39 is 0 Å². The van der Waals surface area contributed by atoms with Crippen molar-refractivity contribution in [3.63, 3.8) is 0 Å². The second-order valence-electron chi connectivity index (χ2n) is 7.01. The van der Waals surface area contributed by atoms with Crippen LogP contribution in [0.1, 0.15) is 16.7 Å². The Balaban J connectivity index is 1.92. The fraction of sp³-hybridized carbons (Fsp3) is 0.120. The van der Waals surface area contributed by atoms with Crippen LogP contribution in [0.2, 0.25) is 0 Å². The molecule has 4 aromatic rings. The van der Waals surface area contributed by atoms with Crippen LogP contribution in [0.3, 0.4) is 0 Å². The zero-order chi connectivity index (χ0) is 20.9. The monoisotopic (exact) mass is 398 g/mol. The summed E-state index contributed by atoms with van der Waals surface area (Å²) in [5.41, 5.74) is 7.74. The zero-order valence-corrected chi connectivity index (χ0v) is 16.4. The van der Waals surface area contributed by atoms with Gasteiger partial charge in [0, 0.05) is 16.7 Å². The summed E-state index contributed by atoms with van der Waals surface area (Å²) >= 11 is 0. The van der Waals surface area contributed by atoms with Crippen molar-refractivity contribution in [3.8, 4) is 33.6 Å². The van der Waals surface area contributed by atoms with Crippen LogP contribution in [0.25, 0.3) is 33.6 Å². The Morgan fingerprint density at radius 1 is 0.467 bits per heavy atom. The molecule has 5 heteroatoms. The van der Waals surface area contributed by atoms with Gasteiger partial charge in [-0.2, -0.15) is 0 Å². The number of hydrogen-bond donors (Lipinski definition) is 3. The number of aromatic nitrogens is 2. The third-order valence-corrected chi connectivity index (χ3v) is 5.09. The van der Waals surface area contributed by atoms with Crippen molar-refractivity contribution in [2.45, 2.75) is 19.8 Å². The quantitative estimate of drug-likeness (QED) is 0.458. The molecule has 150 valence electrons. The summed E-state index contributed by atoms with van der Waals surface area (Å²) in [7, 11) is 0. The molecule has 0 radical (unpaired) electrons. The maximum atomic E-state index is 9.40. The molecule has 0 saturated carbocycles. The summed E-state index contributed by atoms with van der Waals surface area (Å²) in [6.45, 7) is -0.0412. The summed E-state index contributed by atoms with van der Waals surface area (Å²) in [4.78, 5) is 9.16. The van der Waals surface area contributed by atoms with Gasteiger partial charge in [-0.25, -0.2) is 9.97 Å². The van der Waals surface area contributed by atoms with E-state index in [4.69, 9.17) is 0 Å². The maximum Gasteiger partial charge on any atom is 0.116 e. The number of hydrogen-bond acceptors (Lipinski definition) is 5. The van der Waals surface area contributed by atoms with Crippen LogP contribution in [0.4, 0.5) is 0 Å². The van der Waals surface area contributed by atoms with Crippen molar-refractivity contribution in [1.29, 1.82) is 0 Å². The molecule has 0 aliphatic rings. The molecule has 0 aliphatic carbocycles. The van der Waals surface area contributed by atoms with E-state index in [1.54, 1.807) is 6.33 Å². The molecule has 3 aromatic carbocycles. The molecule has 1 heterocycles. The second-order valence-corrected chi connectivity index (χ2v) is 7.01. The molecule has 0 unspecified atom stereocenters. The second kappa shape index (κ2) is 8.97. The minimum atomic E-state index is -0.0173. The first kappa shape index (κ1) is 19.9. The molecular formula is C25H22N2O3. The summed E-state index contributed by atoms with van der Waals surface area (Å²) < 4.78 is 0. The number of aliphatic hydroxyl groups is 3. The highest BCUT2D eigenvalue weighted by molar-refractivity contribution is 5.90. The molecule has 0 aliphatic heterocycles. The van der Waals surface area contributed by atoms with Gasteiger partial charge in [0.1, 0.15) is 6.33 Å². The minimum Gasteiger partial charge on any atom is -0.392 e. The molecule has 0 atom stereocenters. The van der Waals surface area contributed by atoms with Crippen molar-refractivity contribution in [2.24, 2.45) is 0 Å². The Labute approximate surface area is 175 Å². The van der Waals surface area contributed by atoms with Crippen LogP contribution in [0.5, 0.6) is 0 Å². The van der Waals surface area contributed by atoms with Gasteiger partial charge < -0.3 is 15.3 Å². The van der Waals surface area contributed by atoms with Crippen molar-refractivity contribution in [3.05, 3.63) is 95.8 Å². The molecule has 4 rings (SSSR count). The smallest absolute Gasteiger partial charge is 0.116 e. The normalized spacial score (nSPS) is 10.9. The highest BCUT2D eigenvalue weighted by Crippen LogP contribution is 2.37. The first-order valence-corrected chi connectivity index (χ1v) is 9.69. The Morgan fingerprint density at radius 2 is 0.800 bits per heavy atom. The van der Waals surface area contributed by atoms with E-state index in [2.05, 4.69) is 9.97 Å². The first-order valence-electron chi connectivity index (χ1n) is 9.69. The molecule has 3 N–H and O–H groups in total. The lowest BCUT2D eigenvalue weighted by atomic mass is 9.93. The highest BCUT2D eigenvalue weighted by atomic mass is 16.3. The molecule has 30 heavy (non-hydrogen) atoms. The summed E-state index contributed by atoms with van der Waals surface area (Å²) in [6, 6.07) is 23.0. The van der Waals surface area contributed by atoms with Crippen molar-refractivity contribution >= 4 is 0 Å². The van der Waals surface area contributed by atoms with E-state index >= 15 is 0 Å². The topological polar surface area (TPSA) is 86.5 Å². The Hall–Kier alpha value is -3.38. The van der Waals surface area contributed by atoms with Crippen molar-refractivity contribution < 1.29 is 15.3 Å². The molecule has 0 spiro atoms. The Kier molecular flexibility index (Phi) is 5.95. The van der Waals surface area contributed by atoms with E-state index in [1.165, 1.54) is 0 Å². The number of benzene rings is 3. The van der Waals surface area contributed by atoms with Crippen LogP contribution >= 0.6 is 0 Å². The number of nitrogens with zero attached hydrogens (tertiary/aromatic N) is 2. The Bertz CT molecular complexity index is 1060. The third kappa shape index (κ3) is 4.00. The SMILES string of the molecule is OCc1ccc(-c2ncnc(-c3ccc(CO)cc3)c2-c2ccc(CO)cc2)cc1. The number of aliphatic hydroxyl groups excluding tert-OH is 3. The maximum absolute atomic E-state index is 9.40. The van der Waals surface area contributed by atoms with Crippen LogP contribution in [-0.4, -0.2) is 25.3 Å². The fourth-order valence-corrected chi connectivity index (χ4v) is 3.41. The predicted molar refractivity (Wildman–Crippen MR) is 116 cm³/mol. The van der Waals surface area contributed by atoms with Gasteiger partial charge in [0.25, 0.3) is 0 Å². The Morgan fingerprint density at radius 3 is 1.13 bits per heavy atom. The van der Waals surface area contributed by atoms with Gasteiger partial charge in [-0.1, -0.05) is 72.8 Å². The minimum absolute atomic E-state index is 0.0119. The van der Waals surface area contributed by atoms with Crippen molar-refractivity contribution in [2.75, 3.05) is 0 Å². The van der Waals surface area contributed by atoms with E-state index in [9.17, 15) is 15.3 Å². The van der Waals surface area contributed by atoms with Crippen LogP contribution < -0.4 is 0 Å². The average molecular weight is 398 g/mol. The third-order valence-electron chi connectivity index (χ3n) is 5.09. The average Bonchev–Trinajstić information content (AvgIpc) is 2.84. The van der Waals surface area contributed by atoms with E-state index in [0.717, 1.165) is 50.3 Å². The van der Waals surface area contributed by atoms with Gasteiger partial charge >= 0.3 is 0 Å². The molecule has 0 saturated heterocycles. The lowest BCUT2D eigenvalue weighted by Crippen LogP contribution is -1.97. The van der Waals surface area contributed by atoms with Gasteiger partial charge in [0.05, 0.1) is 31.2 Å². The van der Waals surface area contributed by atoms with Crippen LogP contribution in [0, 0.1) is 0 Å². The highest BCUT2D eigenvalue weighted by Gasteiger charge is 2.17. The van der Waals surface area contributed by atoms with Gasteiger partial charge in [-0.3, -0.25) is 0 Å². The predicted octanol–water partition coefficient (Wildman–Crippen LogP) is 3.95. The largest absolute Gasteiger partial charge is 0.392 e. The van der Waals surface area contributed by atoms with E-state index in [-0.39, 0.29) is 19.8 Å². The van der Waals surface area contributed by atoms with Gasteiger partial charge in [-0.05, 0) is 22.3 Å². The molecule has 0 bridgehead atoms. The van der Waals surface area contributed by atoms with E-state index in [0.29, 0.717) is 0 Å². The molecule has 5 nitrogen and oxygen atoms in total. The van der Waals surface area contributed by atoms with Crippen LogP contribution in [-0.2, 0) is 19.8 Å². The van der Waals surface area contributed by atoms with Gasteiger partial charge in [0.15, 0.2) is 0 Å². The lowest BCUT2D eigenvalue weighted by Gasteiger charge is -2.15. The summed E-state index contributed by atoms with van der Waals surface area (Å²) in [5, 5.41) is 28.1. The fourth-order valence-electron chi connectivity index (χ4n) is 3.41. The first-order chi connectivity index (χ1) is 14.7. The standard InChI is InChI=1S/C25H22N2O3/c28-13-17-1-7-20(8-2-17)23-24(21-9-3-18(14-29)4-10-21)26-16-27-25(23)22-11-5-19(15-30)6-12-22/h1-12,16,28-30H,13-15H2. The number of rotatable bonds is 6. The van der Waals surface area contributed by atoms with Crippen molar-refractivity contribution in [1.82, 2.24) is 9.97 Å².